The number of allylic oxidation sites excluding steroid dienone is 6. The first-order valence-electron chi connectivity index (χ1n) is 13.6. The molecule has 1 saturated heterocycles. The van der Waals surface area contributed by atoms with Crippen molar-refractivity contribution in [1.82, 2.24) is 4.90 Å². The van der Waals surface area contributed by atoms with Gasteiger partial charge in [-0.05, 0) is 103 Å². The van der Waals surface area contributed by atoms with E-state index in [1.807, 2.05) is 19.1 Å². The van der Waals surface area contributed by atoms with Crippen LogP contribution in [0.4, 0.5) is 17.6 Å². The lowest BCUT2D eigenvalue weighted by Gasteiger charge is -2.18. The SMILES string of the molecule is C=C/C(=C\C=C(/C)C1=C(c2ccc(OC(F)F)cc2)CCCc2c1ccc(O)c2F)O[C@H]1CCN(CCCF)C1. The summed E-state index contributed by atoms with van der Waals surface area (Å²) in [5.74, 6) is -0.368. The van der Waals surface area contributed by atoms with E-state index in [9.17, 15) is 18.3 Å². The third-order valence-corrected chi connectivity index (χ3v) is 7.31. The van der Waals surface area contributed by atoms with E-state index in [-0.39, 0.29) is 18.5 Å². The molecular weight excluding hydrogens is 522 g/mol. The van der Waals surface area contributed by atoms with Crippen molar-refractivity contribution < 1.29 is 32.1 Å². The molecule has 0 aromatic heterocycles. The van der Waals surface area contributed by atoms with Gasteiger partial charge in [-0.1, -0.05) is 30.9 Å². The maximum absolute atomic E-state index is 15.1. The standard InChI is InChI=1S/C32H35F4NO3/c1-3-23(39-25-16-19-37(20-25)18-5-17-33)11-8-21(2)30-26(22-9-12-24(13-10-22)40-32(35)36)6-4-7-28-27(30)14-15-29(38)31(28)34/h3,8-15,25,32,38H,1,4-7,16-20H2,2H3/b21-8+,23-11+/t25-/m0/s1. The number of likely N-dealkylation sites (tertiary alicyclic amines) is 1. The molecule has 8 heteroatoms. The Morgan fingerprint density at radius 2 is 1.93 bits per heavy atom. The number of phenolic OH excluding ortho intramolecular Hbond substituents is 1. The molecule has 0 radical (unpaired) electrons. The van der Waals surface area contributed by atoms with Crippen LogP contribution in [0.3, 0.4) is 0 Å². The minimum absolute atomic E-state index is 0.0167. The largest absolute Gasteiger partial charge is 0.505 e. The first kappa shape index (κ1) is 29.5. The molecule has 0 bridgehead atoms. The van der Waals surface area contributed by atoms with Crippen LogP contribution in [-0.4, -0.2) is 49.0 Å². The van der Waals surface area contributed by atoms with Crippen LogP contribution in [-0.2, 0) is 11.2 Å². The van der Waals surface area contributed by atoms with Gasteiger partial charge in [0, 0.05) is 19.6 Å². The predicted molar refractivity (Wildman–Crippen MR) is 149 cm³/mol. The quantitative estimate of drug-likeness (QED) is 0.174. The first-order valence-corrected chi connectivity index (χ1v) is 13.6. The van der Waals surface area contributed by atoms with Crippen molar-refractivity contribution in [2.45, 2.75) is 51.7 Å². The summed E-state index contributed by atoms with van der Waals surface area (Å²) >= 11 is 0. The van der Waals surface area contributed by atoms with Crippen LogP contribution in [0.1, 0.15) is 49.3 Å². The molecule has 2 aromatic rings. The van der Waals surface area contributed by atoms with Gasteiger partial charge in [-0.25, -0.2) is 4.39 Å². The second kappa shape index (κ2) is 13.7. The van der Waals surface area contributed by atoms with Crippen LogP contribution in [0, 0.1) is 5.82 Å². The lowest BCUT2D eigenvalue weighted by Crippen LogP contribution is -2.24. The van der Waals surface area contributed by atoms with E-state index in [1.165, 1.54) is 18.2 Å². The number of aromatic hydroxyl groups is 1. The van der Waals surface area contributed by atoms with Crippen molar-refractivity contribution in [1.29, 1.82) is 0 Å². The van der Waals surface area contributed by atoms with E-state index < -0.39 is 18.2 Å². The van der Waals surface area contributed by atoms with Crippen LogP contribution >= 0.6 is 0 Å². The molecule has 2 aliphatic rings. The number of benzene rings is 2. The van der Waals surface area contributed by atoms with Gasteiger partial charge in [-0.15, -0.1) is 0 Å². The molecule has 0 amide bonds. The predicted octanol–water partition coefficient (Wildman–Crippen LogP) is 7.85. The van der Waals surface area contributed by atoms with Crippen LogP contribution in [0.2, 0.25) is 0 Å². The summed E-state index contributed by atoms with van der Waals surface area (Å²) in [7, 11) is 0. The summed E-state index contributed by atoms with van der Waals surface area (Å²) in [6.45, 7) is 4.86. The third kappa shape index (κ3) is 7.16. The maximum Gasteiger partial charge on any atom is 0.387 e. The van der Waals surface area contributed by atoms with E-state index in [0.29, 0.717) is 49.1 Å². The highest BCUT2D eigenvalue weighted by Gasteiger charge is 2.25. The van der Waals surface area contributed by atoms with Crippen molar-refractivity contribution in [2.75, 3.05) is 26.3 Å². The van der Waals surface area contributed by atoms with Crippen LogP contribution < -0.4 is 4.74 Å². The molecule has 1 aliphatic carbocycles. The van der Waals surface area contributed by atoms with Gasteiger partial charge in [-0.3, -0.25) is 9.29 Å². The molecule has 40 heavy (non-hydrogen) atoms. The summed E-state index contributed by atoms with van der Waals surface area (Å²) in [5.41, 5.74) is 4.53. The molecule has 4 nitrogen and oxygen atoms in total. The minimum Gasteiger partial charge on any atom is -0.505 e. The fourth-order valence-electron chi connectivity index (χ4n) is 5.41. The molecule has 1 atom stereocenters. The Morgan fingerprint density at radius 1 is 1.15 bits per heavy atom. The number of hydrogen-bond donors (Lipinski definition) is 1. The average Bonchev–Trinajstić information content (AvgIpc) is 3.29. The number of nitrogens with zero attached hydrogens (tertiary/aromatic N) is 1. The molecule has 1 fully saturated rings. The lowest BCUT2D eigenvalue weighted by molar-refractivity contribution is -0.0498. The van der Waals surface area contributed by atoms with Gasteiger partial charge in [0.1, 0.15) is 17.6 Å². The van der Waals surface area contributed by atoms with Gasteiger partial charge >= 0.3 is 6.61 Å². The van der Waals surface area contributed by atoms with Crippen LogP contribution in [0.25, 0.3) is 11.1 Å². The second-order valence-electron chi connectivity index (χ2n) is 10.0. The Bertz CT molecular complexity index is 1280. The van der Waals surface area contributed by atoms with E-state index in [2.05, 4.69) is 16.2 Å². The van der Waals surface area contributed by atoms with E-state index >= 15 is 4.39 Å². The lowest BCUT2D eigenvalue weighted by atomic mass is 9.87. The van der Waals surface area contributed by atoms with Gasteiger partial charge in [0.25, 0.3) is 0 Å². The van der Waals surface area contributed by atoms with Crippen molar-refractivity contribution >= 4 is 11.1 Å². The zero-order valence-corrected chi connectivity index (χ0v) is 22.6. The number of alkyl halides is 3. The summed E-state index contributed by atoms with van der Waals surface area (Å²) in [6.07, 6.45) is 8.42. The van der Waals surface area contributed by atoms with Gasteiger partial charge in [0.15, 0.2) is 11.6 Å². The zero-order valence-electron chi connectivity index (χ0n) is 22.6. The monoisotopic (exact) mass is 557 g/mol. The molecular formula is C32H35F4NO3. The Balaban J connectivity index is 1.69. The Kier molecular flexibility index (Phi) is 10.1. The number of phenols is 1. The third-order valence-electron chi connectivity index (χ3n) is 7.31. The number of fused-ring (bicyclic) bond motifs is 1. The Morgan fingerprint density at radius 3 is 2.62 bits per heavy atom. The van der Waals surface area contributed by atoms with E-state index in [4.69, 9.17) is 4.74 Å². The van der Waals surface area contributed by atoms with Gasteiger partial charge < -0.3 is 14.6 Å². The minimum atomic E-state index is -2.92. The molecule has 0 unspecified atom stereocenters. The topological polar surface area (TPSA) is 41.9 Å². The second-order valence-corrected chi connectivity index (χ2v) is 10.0. The van der Waals surface area contributed by atoms with Crippen molar-refractivity contribution in [3.63, 3.8) is 0 Å². The van der Waals surface area contributed by atoms with Crippen LogP contribution in [0.15, 0.2) is 72.5 Å². The molecule has 0 spiro atoms. The summed E-state index contributed by atoms with van der Waals surface area (Å²) in [5, 5.41) is 10.0. The fraction of sp³-hybridized carbons (Fsp3) is 0.375. The van der Waals surface area contributed by atoms with Crippen molar-refractivity contribution in [3.05, 3.63) is 95.0 Å². The molecule has 2 aromatic carbocycles. The highest BCUT2D eigenvalue weighted by Crippen LogP contribution is 2.42. The zero-order chi connectivity index (χ0) is 28.6. The number of ether oxygens (including phenoxy) is 2. The van der Waals surface area contributed by atoms with Gasteiger partial charge in [-0.2, -0.15) is 8.78 Å². The number of rotatable bonds is 11. The Hall–Kier alpha value is -3.52. The average molecular weight is 558 g/mol. The van der Waals surface area contributed by atoms with Gasteiger partial charge in [0.2, 0.25) is 0 Å². The molecule has 0 saturated carbocycles. The number of halogens is 4. The summed E-state index contributed by atoms with van der Waals surface area (Å²) in [6, 6.07) is 9.52. The van der Waals surface area contributed by atoms with Gasteiger partial charge in [0.05, 0.1) is 6.67 Å². The van der Waals surface area contributed by atoms with E-state index in [0.717, 1.165) is 41.8 Å². The van der Waals surface area contributed by atoms with Crippen molar-refractivity contribution in [2.24, 2.45) is 0 Å². The normalized spacial score (nSPS) is 18.6. The first-order chi connectivity index (χ1) is 19.3. The number of hydrogen-bond acceptors (Lipinski definition) is 4. The fourth-order valence-corrected chi connectivity index (χ4v) is 5.41. The molecule has 4 rings (SSSR count). The molecule has 1 N–H and O–H groups in total. The summed E-state index contributed by atoms with van der Waals surface area (Å²) in [4.78, 5) is 2.19. The summed E-state index contributed by atoms with van der Waals surface area (Å²) < 4.78 is 63.6. The Labute approximate surface area is 232 Å². The molecule has 214 valence electrons. The van der Waals surface area contributed by atoms with E-state index in [1.54, 1.807) is 24.3 Å². The highest BCUT2D eigenvalue weighted by atomic mass is 19.3. The highest BCUT2D eigenvalue weighted by molar-refractivity contribution is 5.99. The van der Waals surface area contributed by atoms with Crippen molar-refractivity contribution in [3.8, 4) is 11.5 Å². The molecule has 1 heterocycles. The maximum atomic E-state index is 15.1. The smallest absolute Gasteiger partial charge is 0.387 e. The molecule has 1 aliphatic heterocycles. The van der Waals surface area contributed by atoms with Crippen LogP contribution in [0.5, 0.6) is 11.5 Å².